The Kier molecular flexibility index (Phi) is 6.97. The molecule has 0 saturated carbocycles. The van der Waals surface area contributed by atoms with Crippen molar-refractivity contribution in [1.82, 2.24) is 14.9 Å². The van der Waals surface area contributed by atoms with Crippen molar-refractivity contribution in [3.8, 4) is 0 Å². The first-order valence-electron chi connectivity index (χ1n) is 10.8. The van der Waals surface area contributed by atoms with Gasteiger partial charge >= 0.3 is 12.1 Å². The third-order valence-electron chi connectivity index (χ3n) is 5.64. The lowest BCUT2D eigenvalue weighted by Gasteiger charge is -2.49. The number of likely N-dealkylation sites (tertiary alicyclic amines) is 1. The molecule has 10 heteroatoms. The molecule has 0 aliphatic carbocycles. The molecule has 2 aromatic heterocycles. The molecule has 0 aromatic carbocycles. The molecule has 8 nitrogen and oxygen atoms in total. The van der Waals surface area contributed by atoms with E-state index in [1.165, 1.54) is 30.6 Å². The van der Waals surface area contributed by atoms with Crippen molar-refractivity contribution in [3.63, 3.8) is 0 Å². The summed E-state index contributed by atoms with van der Waals surface area (Å²) in [5.74, 6) is -0.513. The van der Waals surface area contributed by atoms with Crippen LogP contribution in [0.3, 0.4) is 0 Å². The number of nitrogens with one attached hydrogen (secondary N) is 1. The molecule has 0 radical (unpaired) electrons. The van der Waals surface area contributed by atoms with E-state index in [0.29, 0.717) is 17.4 Å². The number of halogens is 1. The van der Waals surface area contributed by atoms with E-state index in [1.54, 1.807) is 11.1 Å². The molecule has 3 rings (SSSR count). The molecule has 1 aliphatic rings. The number of carbonyl (C=O) groups is 2. The molecule has 1 atom stereocenters. The van der Waals surface area contributed by atoms with Gasteiger partial charge in [0.15, 0.2) is 5.13 Å². The molecule has 1 saturated heterocycles. The molecular weight excluding hydrogens is 447 g/mol. The van der Waals surface area contributed by atoms with Gasteiger partial charge in [-0.25, -0.2) is 19.2 Å². The van der Waals surface area contributed by atoms with E-state index < -0.39 is 34.4 Å². The average Bonchev–Trinajstić information content (AvgIpc) is 3.20. The summed E-state index contributed by atoms with van der Waals surface area (Å²) in [5.41, 5.74) is -2.24. The smallest absolute Gasteiger partial charge is 0.410 e. The molecule has 1 unspecified atom stereocenters. The third kappa shape index (κ3) is 5.79. The predicted octanol–water partition coefficient (Wildman–Crippen LogP) is 4.93. The van der Waals surface area contributed by atoms with Crippen LogP contribution in [-0.2, 0) is 20.7 Å². The van der Waals surface area contributed by atoms with Crippen LogP contribution in [0.4, 0.5) is 20.1 Å². The van der Waals surface area contributed by atoms with Gasteiger partial charge in [0.25, 0.3) is 0 Å². The number of aromatic nitrogens is 2. The average molecular weight is 479 g/mol. The Morgan fingerprint density at radius 1 is 1.30 bits per heavy atom. The van der Waals surface area contributed by atoms with Crippen LogP contribution in [0.2, 0.25) is 0 Å². The lowest BCUT2D eigenvalue weighted by atomic mass is 9.68. The fourth-order valence-electron chi connectivity index (χ4n) is 4.30. The summed E-state index contributed by atoms with van der Waals surface area (Å²) in [6.45, 7) is 9.44. The minimum absolute atomic E-state index is 0.0461. The number of pyridine rings is 1. The van der Waals surface area contributed by atoms with Crippen LogP contribution in [0.1, 0.15) is 53.2 Å². The summed E-state index contributed by atoms with van der Waals surface area (Å²) in [5, 5.41) is 5.50. The second-order valence-electron chi connectivity index (χ2n) is 9.91. The standard InChI is InChI=1S/C23H31FN4O4S/c1-21(2,3)32-20(30)28-11-9-23(18(29)31-6,14-22(28,4)5)13-16-15(24)7-8-17(26-16)27-19-25-10-12-33-19/h7-8,10,12H,9,11,13-14H2,1-6H3,(H,25,26,27). The van der Waals surface area contributed by atoms with Gasteiger partial charge in [0, 0.05) is 30.1 Å². The van der Waals surface area contributed by atoms with Gasteiger partial charge in [-0.15, -0.1) is 11.3 Å². The van der Waals surface area contributed by atoms with Gasteiger partial charge in [0.05, 0.1) is 18.2 Å². The number of carbonyl (C=O) groups excluding carboxylic acids is 2. The van der Waals surface area contributed by atoms with E-state index in [2.05, 4.69) is 15.3 Å². The van der Waals surface area contributed by atoms with Crippen molar-refractivity contribution in [2.75, 3.05) is 19.0 Å². The van der Waals surface area contributed by atoms with Gasteiger partial charge in [-0.3, -0.25) is 4.79 Å². The fourth-order valence-corrected chi connectivity index (χ4v) is 4.84. The van der Waals surface area contributed by atoms with Crippen molar-refractivity contribution < 1.29 is 23.5 Å². The molecule has 1 N–H and O–H groups in total. The Morgan fingerprint density at radius 3 is 2.61 bits per heavy atom. The minimum atomic E-state index is -1.04. The Bertz CT molecular complexity index is 1010. The third-order valence-corrected chi connectivity index (χ3v) is 6.33. The summed E-state index contributed by atoms with van der Waals surface area (Å²) in [7, 11) is 1.32. The molecule has 1 amide bonds. The molecule has 0 spiro atoms. The topological polar surface area (TPSA) is 93.6 Å². The minimum Gasteiger partial charge on any atom is -0.469 e. The number of hydrogen-bond donors (Lipinski definition) is 1. The highest BCUT2D eigenvalue weighted by Gasteiger charge is 2.52. The van der Waals surface area contributed by atoms with Gasteiger partial charge in [-0.1, -0.05) is 0 Å². The Morgan fingerprint density at radius 2 is 2.03 bits per heavy atom. The summed E-state index contributed by atoms with van der Waals surface area (Å²) in [4.78, 5) is 36.0. The summed E-state index contributed by atoms with van der Waals surface area (Å²) in [6.07, 6.45) is 1.84. The molecule has 0 bridgehead atoms. The number of nitrogens with zero attached hydrogens (tertiary/aromatic N) is 3. The van der Waals surface area contributed by atoms with Crippen molar-refractivity contribution in [3.05, 3.63) is 35.2 Å². The monoisotopic (exact) mass is 478 g/mol. The summed E-state index contributed by atoms with van der Waals surface area (Å²) < 4.78 is 25.5. The molecule has 180 valence electrons. The Hall–Kier alpha value is -2.75. The number of anilines is 2. The SMILES string of the molecule is COC(=O)C1(Cc2nc(Nc3nccs3)ccc2F)CCN(C(=O)OC(C)(C)C)C(C)(C)C1. The molecular formula is C23H31FN4O4S. The highest BCUT2D eigenvalue weighted by Crippen LogP contribution is 2.44. The van der Waals surface area contributed by atoms with Crippen LogP contribution >= 0.6 is 11.3 Å². The van der Waals surface area contributed by atoms with E-state index >= 15 is 0 Å². The first-order valence-corrected chi connectivity index (χ1v) is 11.6. The van der Waals surface area contributed by atoms with Gasteiger partial charge in [-0.2, -0.15) is 0 Å². The molecule has 1 fully saturated rings. The van der Waals surface area contributed by atoms with Crippen molar-refractivity contribution in [1.29, 1.82) is 0 Å². The zero-order valence-corrected chi connectivity index (χ0v) is 20.7. The van der Waals surface area contributed by atoms with Crippen LogP contribution in [0.15, 0.2) is 23.7 Å². The Labute approximate surface area is 197 Å². The number of methoxy groups -OCH3 is 1. The summed E-state index contributed by atoms with van der Waals surface area (Å²) in [6, 6.07) is 2.85. The van der Waals surface area contributed by atoms with Crippen LogP contribution in [0.5, 0.6) is 0 Å². The second-order valence-corrected chi connectivity index (χ2v) is 10.8. The zero-order chi connectivity index (χ0) is 24.4. The van der Waals surface area contributed by atoms with Crippen LogP contribution in [-0.4, -0.2) is 51.7 Å². The molecule has 33 heavy (non-hydrogen) atoms. The quantitative estimate of drug-likeness (QED) is 0.609. The lowest BCUT2D eigenvalue weighted by Crippen LogP contribution is -2.59. The van der Waals surface area contributed by atoms with E-state index in [9.17, 15) is 14.0 Å². The molecule has 3 heterocycles. The molecule has 1 aliphatic heterocycles. The largest absolute Gasteiger partial charge is 0.469 e. The molecule has 2 aromatic rings. The van der Waals surface area contributed by atoms with Crippen molar-refractivity contribution in [2.24, 2.45) is 5.41 Å². The van der Waals surface area contributed by atoms with Gasteiger partial charge < -0.3 is 19.7 Å². The van der Waals surface area contributed by atoms with Gasteiger partial charge in [0.1, 0.15) is 17.2 Å². The van der Waals surface area contributed by atoms with Crippen molar-refractivity contribution in [2.45, 2.75) is 65.0 Å². The summed E-state index contributed by atoms with van der Waals surface area (Å²) >= 11 is 1.40. The number of esters is 1. The predicted molar refractivity (Wildman–Crippen MR) is 124 cm³/mol. The maximum Gasteiger partial charge on any atom is 0.410 e. The van der Waals surface area contributed by atoms with Gasteiger partial charge in [-0.05, 0) is 59.6 Å². The maximum absolute atomic E-state index is 14.8. The zero-order valence-electron chi connectivity index (χ0n) is 19.9. The first-order chi connectivity index (χ1) is 15.3. The van der Waals surface area contributed by atoms with E-state index in [4.69, 9.17) is 9.47 Å². The number of hydrogen-bond acceptors (Lipinski definition) is 8. The highest BCUT2D eigenvalue weighted by molar-refractivity contribution is 7.13. The van der Waals surface area contributed by atoms with Crippen molar-refractivity contribution >= 4 is 34.3 Å². The van der Waals surface area contributed by atoms with E-state index in [0.717, 1.165) is 0 Å². The Balaban J connectivity index is 1.88. The fraction of sp³-hybridized carbons (Fsp3) is 0.565. The van der Waals surface area contributed by atoms with Crippen LogP contribution in [0.25, 0.3) is 0 Å². The number of rotatable bonds is 5. The normalized spacial score (nSPS) is 20.3. The number of piperidine rings is 1. The van der Waals surface area contributed by atoms with Crippen LogP contribution < -0.4 is 5.32 Å². The van der Waals surface area contributed by atoms with E-state index in [-0.39, 0.29) is 25.1 Å². The van der Waals surface area contributed by atoms with E-state index in [1.807, 2.05) is 40.0 Å². The van der Waals surface area contributed by atoms with Crippen LogP contribution in [0, 0.1) is 11.2 Å². The second kappa shape index (κ2) is 9.24. The van der Waals surface area contributed by atoms with Gasteiger partial charge in [0.2, 0.25) is 0 Å². The lowest BCUT2D eigenvalue weighted by molar-refractivity contribution is -0.159. The highest BCUT2D eigenvalue weighted by atomic mass is 32.1. The number of ether oxygens (including phenoxy) is 2. The number of amides is 1. The first kappa shape index (κ1) is 24.9. The number of thiazole rings is 1. The maximum atomic E-state index is 14.8.